The van der Waals surface area contributed by atoms with E-state index in [4.69, 9.17) is 0 Å². The summed E-state index contributed by atoms with van der Waals surface area (Å²) >= 11 is 0. The normalized spacial score (nSPS) is 10.5. The summed E-state index contributed by atoms with van der Waals surface area (Å²) in [5.74, 6) is -1.05. The fourth-order valence-electron chi connectivity index (χ4n) is 3.68. The molecule has 4 heteroatoms. The lowest BCUT2D eigenvalue weighted by atomic mass is 9.87. The van der Waals surface area contributed by atoms with E-state index in [0.29, 0.717) is 33.4 Å². The maximum Gasteiger partial charge on any atom is 0.193 e. The van der Waals surface area contributed by atoms with Crippen LogP contribution in [-0.2, 0) is 11.2 Å². The lowest BCUT2D eigenvalue weighted by molar-refractivity contribution is -0.116. The molecule has 0 saturated heterocycles. The topological polar surface area (TPSA) is 51.2 Å². The van der Waals surface area contributed by atoms with Gasteiger partial charge in [-0.25, -0.2) is 4.39 Å². The van der Waals surface area contributed by atoms with Crippen molar-refractivity contribution in [2.24, 2.45) is 0 Å². The monoisotopic (exact) mass is 440 g/mol. The van der Waals surface area contributed by atoms with Crippen LogP contribution in [-0.4, -0.2) is 17.3 Å². The largest absolute Gasteiger partial charge is 0.300 e. The van der Waals surface area contributed by atoms with Gasteiger partial charge in [0.05, 0.1) is 0 Å². The summed E-state index contributed by atoms with van der Waals surface area (Å²) in [6.07, 6.45) is 0.184. The smallest absolute Gasteiger partial charge is 0.193 e. The van der Waals surface area contributed by atoms with E-state index in [1.807, 2.05) is 19.1 Å². The molecule has 166 valence electrons. The second-order valence-corrected chi connectivity index (χ2v) is 8.23. The van der Waals surface area contributed by atoms with E-state index in [-0.39, 0.29) is 40.7 Å². The van der Waals surface area contributed by atoms with Crippen LogP contribution in [0.4, 0.5) is 4.39 Å². The van der Waals surface area contributed by atoms with Crippen LogP contribution in [0.3, 0.4) is 0 Å². The SMILES string of the molecule is C=C(C)C(=O)c1cc(CC(C)=O)ccc1C(=C)C(=O)c1ccc(C)cc1-c1ccc(F)cc1. The van der Waals surface area contributed by atoms with Crippen LogP contribution in [0.25, 0.3) is 16.7 Å². The molecule has 0 aliphatic rings. The summed E-state index contributed by atoms with van der Waals surface area (Å²) in [6, 6.07) is 16.3. The molecule has 0 radical (unpaired) electrons. The first kappa shape index (κ1) is 23.7. The number of allylic oxidation sites excluding steroid dienone is 2. The third-order valence-corrected chi connectivity index (χ3v) is 5.34. The number of rotatable bonds is 8. The van der Waals surface area contributed by atoms with E-state index >= 15 is 0 Å². The van der Waals surface area contributed by atoms with Crippen molar-refractivity contribution in [1.29, 1.82) is 0 Å². The Bertz CT molecular complexity index is 1300. The first-order valence-electron chi connectivity index (χ1n) is 10.5. The zero-order valence-corrected chi connectivity index (χ0v) is 19.0. The molecule has 3 rings (SSSR count). The van der Waals surface area contributed by atoms with Crippen molar-refractivity contribution in [2.45, 2.75) is 27.2 Å². The number of carbonyl (C=O) groups is 3. The number of halogens is 1. The number of ketones is 3. The maximum absolute atomic E-state index is 13.6. The van der Waals surface area contributed by atoms with Crippen LogP contribution in [0, 0.1) is 12.7 Å². The highest BCUT2D eigenvalue weighted by atomic mass is 19.1. The van der Waals surface area contributed by atoms with Crippen molar-refractivity contribution in [1.82, 2.24) is 0 Å². The Kier molecular flexibility index (Phi) is 6.98. The quantitative estimate of drug-likeness (QED) is 0.293. The van der Waals surface area contributed by atoms with Crippen molar-refractivity contribution in [3.8, 4) is 11.1 Å². The molecule has 0 amide bonds. The fraction of sp³-hybridized carbons (Fsp3) is 0.138. The zero-order chi connectivity index (χ0) is 24.3. The Hall–Kier alpha value is -3.92. The summed E-state index contributed by atoms with van der Waals surface area (Å²) < 4.78 is 13.4. The molecule has 3 aromatic carbocycles. The van der Waals surface area contributed by atoms with Crippen LogP contribution in [0.2, 0.25) is 0 Å². The number of benzene rings is 3. The van der Waals surface area contributed by atoms with Crippen molar-refractivity contribution in [2.75, 3.05) is 0 Å². The Balaban J connectivity index is 2.10. The summed E-state index contributed by atoms with van der Waals surface area (Å²) in [5, 5.41) is 0. The minimum Gasteiger partial charge on any atom is -0.300 e. The molecule has 33 heavy (non-hydrogen) atoms. The van der Waals surface area contributed by atoms with E-state index in [9.17, 15) is 18.8 Å². The Labute approximate surface area is 193 Å². The molecule has 0 aliphatic heterocycles. The van der Waals surface area contributed by atoms with Gasteiger partial charge in [-0.05, 0) is 66.8 Å². The van der Waals surface area contributed by atoms with Crippen LogP contribution < -0.4 is 0 Å². The molecule has 0 aliphatic carbocycles. The Morgan fingerprint density at radius 2 is 1.42 bits per heavy atom. The molecule has 3 nitrogen and oxygen atoms in total. The summed E-state index contributed by atoms with van der Waals surface area (Å²) in [4.78, 5) is 38.0. The van der Waals surface area contributed by atoms with Gasteiger partial charge < -0.3 is 0 Å². The highest BCUT2D eigenvalue weighted by Gasteiger charge is 2.22. The van der Waals surface area contributed by atoms with Gasteiger partial charge in [0.2, 0.25) is 0 Å². The minimum absolute atomic E-state index is 0.0324. The van der Waals surface area contributed by atoms with Crippen LogP contribution >= 0.6 is 0 Å². The number of carbonyl (C=O) groups excluding carboxylic acids is 3. The summed E-state index contributed by atoms with van der Waals surface area (Å²) in [7, 11) is 0. The molecule has 0 unspecified atom stereocenters. The average molecular weight is 441 g/mol. The molecule has 0 N–H and O–H groups in total. The van der Waals surface area contributed by atoms with Crippen LogP contribution in [0.5, 0.6) is 0 Å². The van der Waals surface area contributed by atoms with Gasteiger partial charge in [0.15, 0.2) is 11.6 Å². The van der Waals surface area contributed by atoms with Crippen LogP contribution in [0.15, 0.2) is 79.4 Å². The second-order valence-electron chi connectivity index (χ2n) is 8.23. The highest BCUT2D eigenvalue weighted by Crippen LogP contribution is 2.31. The molecule has 3 aromatic rings. The van der Waals surface area contributed by atoms with Crippen LogP contribution in [0.1, 0.15) is 51.3 Å². The van der Waals surface area contributed by atoms with E-state index in [2.05, 4.69) is 13.2 Å². The number of aryl methyl sites for hydroxylation is 1. The molecule has 0 saturated carbocycles. The maximum atomic E-state index is 13.6. The van der Waals surface area contributed by atoms with E-state index < -0.39 is 0 Å². The Morgan fingerprint density at radius 1 is 0.788 bits per heavy atom. The fourth-order valence-corrected chi connectivity index (χ4v) is 3.68. The van der Waals surface area contributed by atoms with Gasteiger partial charge in [-0.1, -0.05) is 61.2 Å². The zero-order valence-electron chi connectivity index (χ0n) is 19.0. The molecular weight excluding hydrogens is 415 g/mol. The number of Topliss-reactive ketones (excluding diaryl/α,β-unsaturated/α-hetero) is 3. The first-order chi connectivity index (χ1) is 15.6. The van der Waals surface area contributed by atoms with Gasteiger partial charge in [-0.15, -0.1) is 0 Å². The first-order valence-corrected chi connectivity index (χ1v) is 10.5. The van der Waals surface area contributed by atoms with E-state index in [0.717, 1.165) is 5.56 Å². The van der Waals surface area contributed by atoms with E-state index in [1.54, 1.807) is 43.3 Å². The lowest BCUT2D eigenvalue weighted by Crippen LogP contribution is -2.11. The lowest BCUT2D eigenvalue weighted by Gasteiger charge is -2.15. The third-order valence-electron chi connectivity index (χ3n) is 5.34. The predicted octanol–water partition coefficient (Wildman–Crippen LogP) is 6.59. The van der Waals surface area contributed by atoms with Crippen molar-refractivity contribution in [3.63, 3.8) is 0 Å². The number of hydrogen-bond acceptors (Lipinski definition) is 3. The molecule has 0 atom stereocenters. The summed E-state index contributed by atoms with van der Waals surface area (Å²) in [6.45, 7) is 12.7. The Morgan fingerprint density at radius 3 is 2.03 bits per heavy atom. The minimum atomic E-state index is -0.364. The predicted molar refractivity (Wildman–Crippen MR) is 130 cm³/mol. The number of hydrogen-bond donors (Lipinski definition) is 0. The molecule has 0 bridgehead atoms. The highest BCUT2D eigenvalue weighted by molar-refractivity contribution is 6.32. The standard InChI is InChI=1S/C29H25FO3/c1-17(2)28(32)27-16-21(15-19(4)31)7-13-24(27)20(5)29(33)25-12-6-18(3)14-26(25)22-8-10-23(30)11-9-22/h6-14,16H,1,5,15H2,2-4H3. The van der Waals surface area contributed by atoms with Gasteiger partial charge >= 0.3 is 0 Å². The van der Waals surface area contributed by atoms with E-state index in [1.165, 1.54) is 19.1 Å². The summed E-state index contributed by atoms with van der Waals surface area (Å²) in [5.41, 5.74) is 4.54. The molecular formula is C29H25FO3. The van der Waals surface area contributed by atoms with Crippen molar-refractivity contribution in [3.05, 3.63) is 113 Å². The van der Waals surface area contributed by atoms with Gasteiger partial charge in [-0.2, -0.15) is 0 Å². The molecule has 0 heterocycles. The van der Waals surface area contributed by atoms with Gasteiger partial charge in [0.1, 0.15) is 11.6 Å². The third kappa shape index (κ3) is 5.29. The van der Waals surface area contributed by atoms with Gasteiger partial charge in [-0.3, -0.25) is 14.4 Å². The molecule has 0 aromatic heterocycles. The van der Waals surface area contributed by atoms with Crippen molar-refractivity contribution < 1.29 is 18.8 Å². The average Bonchev–Trinajstić information content (AvgIpc) is 2.77. The van der Waals surface area contributed by atoms with Gasteiger partial charge in [0, 0.05) is 23.1 Å². The van der Waals surface area contributed by atoms with Crippen molar-refractivity contribution >= 4 is 22.9 Å². The van der Waals surface area contributed by atoms with Gasteiger partial charge in [0.25, 0.3) is 0 Å². The second kappa shape index (κ2) is 9.70. The molecule has 0 fully saturated rings. The molecule has 0 spiro atoms.